The molecule has 0 unspecified atom stereocenters. The first-order valence-corrected chi connectivity index (χ1v) is 4.90. The normalized spacial score (nSPS) is 9.71. The van der Waals surface area contributed by atoms with E-state index in [1.807, 2.05) is 6.07 Å². The fourth-order valence-corrected chi connectivity index (χ4v) is 1.38. The highest BCUT2D eigenvalue weighted by Gasteiger charge is 2.00. The van der Waals surface area contributed by atoms with E-state index >= 15 is 0 Å². The Morgan fingerprint density at radius 2 is 2.07 bits per heavy atom. The minimum Gasteiger partial charge on any atom is -0.496 e. The van der Waals surface area contributed by atoms with Gasteiger partial charge in [-0.25, -0.2) is 0 Å². The summed E-state index contributed by atoms with van der Waals surface area (Å²) in [5.74, 6) is 0.980. The molecule has 0 heterocycles. The summed E-state index contributed by atoms with van der Waals surface area (Å²) in [6.45, 7) is 6.33. The van der Waals surface area contributed by atoms with Crippen LogP contribution in [-0.2, 0) is 6.42 Å². The maximum Gasteiger partial charge on any atom is 0.122 e. The molecule has 0 spiro atoms. The Morgan fingerprint density at radius 3 is 2.64 bits per heavy atom. The van der Waals surface area contributed by atoms with Gasteiger partial charge in [0.05, 0.1) is 7.11 Å². The molecular weight excluding hydrogens is 172 g/mol. The number of benzene rings is 1. The molecule has 0 saturated carbocycles. The largest absolute Gasteiger partial charge is 0.496 e. The van der Waals surface area contributed by atoms with Crippen molar-refractivity contribution in [3.05, 3.63) is 41.0 Å². The van der Waals surface area contributed by atoms with E-state index in [2.05, 4.69) is 39.0 Å². The molecule has 1 aromatic carbocycles. The van der Waals surface area contributed by atoms with Gasteiger partial charge in [0.1, 0.15) is 5.75 Å². The lowest BCUT2D eigenvalue weighted by atomic mass is 10.1. The summed E-state index contributed by atoms with van der Waals surface area (Å²) in [4.78, 5) is 0. The first-order chi connectivity index (χ1) is 6.63. The number of methoxy groups -OCH3 is 1. The SMILES string of the molecule is COc1ccc(C)cc1CC=C(C)C. The highest BCUT2D eigenvalue weighted by molar-refractivity contribution is 5.38. The maximum absolute atomic E-state index is 5.30. The van der Waals surface area contributed by atoms with Crippen LogP contribution in [0.15, 0.2) is 29.8 Å². The van der Waals surface area contributed by atoms with Crippen molar-refractivity contribution in [3.8, 4) is 5.75 Å². The van der Waals surface area contributed by atoms with Gasteiger partial charge >= 0.3 is 0 Å². The van der Waals surface area contributed by atoms with E-state index in [4.69, 9.17) is 4.74 Å². The molecule has 0 N–H and O–H groups in total. The molecule has 0 atom stereocenters. The highest BCUT2D eigenvalue weighted by atomic mass is 16.5. The Balaban J connectivity index is 2.93. The molecule has 0 fully saturated rings. The number of hydrogen-bond donors (Lipinski definition) is 0. The van der Waals surface area contributed by atoms with Gasteiger partial charge in [-0.1, -0.05) is 29.3 Å². The zero-order valence-electron chi connectivity index (χ0n) is 9.42. The smallest absolute Gasteiger partial charge is 0.122 e. The highest BCUT2D eigenvalue weighted by Crippen LogP contribution is 2.20. The lowest BCUT2D eigenvalue weighted by Crippen LogP contribution is -1.91. The van der Waals surface area contributed by atoms with Gasteiger partial charge in [0.2, 0.25) is 0 Å². The average Bonchev–Trinajstić information content (AvgIpc) is 2.15. The van der Waals surface area contributed by atoms with Crippen molar-refractivity contribution in [1.82, 2.24) is 0 Å². The topological polar surface area (TPSA) is 9.23 Å². The van der Waals surface area contributed by atoms with Crippen LogP contribution >= 0.6 is 0 Å². The average molecular weight is 190 g/mol. The van der Waals surface area contributed by atoms with Gasteiger partial charge in [0.25, 0.3) is 0 Å². The number of rotatable bonds is 3. The van der Waals surface area contributed by atoms with Crippen LogP contribution in [-0.4, -0.2) is 7.11 Å². The van der Waals surface area contributed by atoms with Crippen LogP contribution in [0, 0.1) is 6.92 Å². The molecule has 0 bridgehead atoms. The second-order valence-corrected chi connectivity index (χ2v) is 3.80. The predicted molar refractivity (Wildman–Crippen MR) is 60.9 cm³/mol. The van der Waals surface area contributed by atoms with E-state index in [0.717, 1.165) is 12.2 Å². The van der Waals surface area contributed by atoms with Crippen LogP contribution < -0.4 is 4.74 Å². The minimum absolute atomic E-state index is 0.952. The maximum atomic E-state index is 5.30. The van der Waals surface area contributed by atoms with E-state index in [-0.39, 0.29) is 0 Å². The zero-order chi connectivity index (χ0) is 10.6. The van der Waals surface area contributed by atoms with E-state index in [0.29, 0.717) is 0 Å². The van der Waals surface area contributed by atoms with Gasteiger partial charge in [-0.05, 0) is 38.8 Å². The molecule has 0 aliphatic rings. The van der Waals surface area contributed by atoms with E-state index in [1.54, 1.807) is 7.11 Å². The fourth-order valence-electron chi connectivity index (χ4n) is 1.38. The second kappa shape index (κ2) is 4.85. The lowest BCUT2D eigenvalue weighted by Gasteiger charge is -2.07. The third-order valence-corrected chi connectivity index (χ3v) is 2.17. The van der Waals surface area contributed by atoms with Gasteiger partial charge in [-0.15, -0.1) is 0 Å². The number of allylic oxidation sites excluding steroid dienone is 2. The molecule has 0 amide bonds. The van der Waals surface area contributed by atoms with Gasteiger partial charge < -0.3 is 4.74 Å². The first kappa shape index (κ1) is 10.8. The molecule has 14 heavy (non-hydrogen) atoms. The number of hydrogen-bond acceptors (Lipinski definition) is 1. The molecule has 0 aliphatic carbocycles. The van der Waals surface area contributed by atoms with Crippen LogP contribution in [0.1, 0.15) is 25.0 Å². The van der Waals surface area contributed by atoms with E-state index in [1.165, 1.54) is 16.7 Å². The van der Waals surface area contributed by atoms with Crippen molar-refractivity contribution in [2.45, 2.75) is 27.2 Å². The Morgan fingerprint density at radius 1 is 1.36 bits per heavy atom. The number of ether oxygens (including phenoxy) is 1. The van der Waals surface area contributed by atoms with Crippen molar-refractivity contribution in [2.75, 3.05) is 7.11 Å². The third-order valence-electron chi connectivity index (χ3n) is 2.17. The summed E-state index contributed by atoms with van der Waals surface area (Å²) >= 11 is 0. The number of aryl methyl sites for hydroxylation is 1. The Labute approximate surface area is 86.4 Å². The molecule has 0 saturated heterocycles. The van der Waals surface area contributed by atoms with Gasteiger partial charge in [-0.3, -0.25) is 0 Å². The van der Waals surface area contributed by atoms with Crippen LogP contribution in [0.5, 0.6) is 5.75 Å². The summed E-state index contributed by atoms with van der Waals surface area (Å²) in [6.07, 6.45) is 3.17. The Kier molecular flexibility index (Phi) is 3.75. The van der Waals surface area contributed by atoms with Crippen molar-refractivity contribution >= 4 is 0 Å². The molecule has 0 radical (unpaired) electrons. The summed E-state index contributed by atoms with van der Waals surface area (Å²) < 4.78 is 5.30. The molecule has 0 aromatic heterocycles. The molecule has 1 aromatic rings. The monoisotopic (exact) mass is 190 g/mol. The van der Waals surface area contributed by atoms with Crippen LogP contribution in [0.3, 0.4) is 0 Å². The van der Waals surface area contributed by atoms with Crippen LogP contribution in [0.4, 0.5) is 0 Å². The summed E-state index contributed by atoms with van der Waals surface area (Å²) in [5, 5.41) is 0. The molecule has 76 valence electrons. The second-order valence-electron chi connectivity index (χ2n) is 3.80. The predicted octanol–water partition coefficient (Wildman–Crippen LogP) is 3.51. The minimum atomic E-state index is 0.952. The van der Waals surface area contributed by atoms with Gasteiger partial charge in [-0.2, -0.15) is 0 Å². The molecule has 1 heteroatoms. The summed E-state index contributed by atoms with van der Waals surface area (Å²) in [7, 11) is 1.72. The van der Waals surface area contributed by atoms with Crippen molar-refractivity contribution in [1.29, 1.82) is 0 Å². The third kappa shape index (κ3) is 2.91. The lowest BCUT2D eigenvalue weighted by molar-refractivity contribution is 0.410. The quantitative estimate of drug-likeness (QED) is 0.663. The Bertz CT molecular complexity index is 333. The summed E-state index contributed by atoms with van der Waals surface area (Å²) in [5.41, 5.74) is 3.88. The van der Waals surface area contributed by atoms with Gasteiger partial charge in [0, 0.05) is 0 Å². The fraction of sp³-hybridized carbons (Fsp3) is 0.385. The summed E-state index contributed by atoms with van der Waals surface area (Å²) in [6, 6.07) is 6.28. The van der Waals surface area contributed by atoms with Gasteiger partial charge in [0.15, 0.2) is 0 Å². The Hall–Kier alpha value is -1.24. The molecular formula is C13H18O. The standard InChI is InChI=1S/C13H18O/c1-10(2)5-7-12-9-11(3)6-8-13(12)14-4/h5-6,8-9H,7H2,1-4H3. The van der Waals surface area contributed by atoms with Crippen molar-refractivity contribution in [3.63, 3.8) is 0 Å². The van der Waals surface area contributed by atoms with Crippen LogP contribution in [0.25, 0.3) is 0 Å². The molecule has 0 aliphatic heterocycles. The zero-order valence-corrected chi connectivity index (χ0v) is 9.42. The van der Waals surface area contributed by atoms with E-state index < -0.39 is 0 Å². The van der Waals surface area contributed by atoms with E-state index in [9.17, 15) is 0 Å². The molecule has 1 nitrogen and oxygen atoms in total. The first-order valence-electron chi connectivity index (χ1n) is 4.90. The van der Waals surface area contributed by atoms with Crippen molar-refractivity contribution < 1.29 is 4.74 Å². The van der Waals surface area contributed by atoms with Crippen LogP contribution in [0.2, 0.25) is 0 Å². The van der Waals surface area contributed by atoms with Crippen molar-refractivity contribution in [2.24, 2.45) is 0 Å². The molecule has 1 rings (SSSR count).